The molecule has 0 spiro atoms. The third kappa shape index (κ3) is 1.80. The zero-order valence-corrected chi connectivity index (χ0v) is 9.03. The highest BCUT2D eigenvalue weighted by atomic mass is 16.6. The Bertz CT molecular complexity index is 302. The summed E-state index contributed by atoms with van der Waals surface area (Å²) < 4.78 is 4.78. The molecule has 1 saturated heterocycles. The molecule has 4 nitrogen and oxygen atoms in total. The molecule has 1 fully saturated rings. The minimum Gasteiger partial charge on any atom is -0.297 e. The predicted octanol–water partition coefficient (Wildman–Crippen LogP) is 1.64. The molecule has 0 saturated carbocycles. The van der Waals surface area contributed by atoms with Crippen LogP contribution in [0.5, 0.6) is 0 Å². The van der Waals surface area contributed by atoms with E-state index in [2.05, 4.69) is 36.0 Å². The Morgan fingerprint density at radius 1 is 1.43 bits per heavy atom. The summed E-state index contributed by atoms with van der Waals surface area (Å²) in [5.74, 6) is 1.23. The third-order valence-electron chi connectivity index (χ3n) is 2.65. The highest BCUT2D eigenvalue weighted by Crippen LogP contribution is 2.21. The van der Waals surface area contributed by atoms with Gasteiger partial charge in [-0.05, 0) is 5.92 Å². The van der Waals surface area contributed by atoms with Crippen molar-refractivity contribution in [2.45, 2.75) is 33.2 Å². The molecule has 0 aromatic carbocycles. The van der Waals surface area contributed by atoms with E-state index >= 15 is 0 Å². The van der Waals surface area contributed by atoms with Gasteiger partial charge in [-0.15, -0.1) is 0 Å². The summed E-state index contributed by atoms with van der Waals surface area (Å²) in [5.41, 5.74) is 2.01. The summed E-state index contributed by atoms with van der Waals surface area (Å²) in [4.78, 5) is 2.37. The molecule has 0 N–H and O–H groups in total. The molecule has 0 unspecified atom stereocenters. The molecule has 1 aromatic heterocycles. The molecule has 0 aliphatic carbocycles. The van der Waals surface area contributed by atoms with Gasteiger partial charge in [0.25, 0.3) is 0 Å². The second-order valence-corrected chi connectivity index (χ2v) is 4.55. The Labute approximate surface area is 84.2 Å². The number of likely N-dealkylation sites (tertiary alicyclic amines) is 1. The smallest absolute Gasteiger partial charge is 0.122 e. The van der Waals surface area contributed by atoms with Gasteiger partial charge in [0.2, 0.25) is 0 Å². The average molecular weight is 195 g/mol. The fraction of sp³-hybridized carbons (Fsp3) is 0.800. The molecule has 0 radical (unpaired) electrons. The van der Waals surface area contributed by atoms with Crippen molar-refractivity contribution < 1.29 is 4.63 Å². The van der Waals surface area contributed by atoms with Crippen molar-refractivity contribution in [1.29, 1.82) is 0 Å². The minimum atomic E-state index is 0.398. The van der Waals surface area contributed by atoms with Gasteiger partial charge >= 0.3 is 0 Å². The van der Waals surface area contributed by atoms with E-state index in [0.29, 0.717) is 5.92 Å². The number of nitrogens with zero attached hydrogens (tertiary/aromatic N) is 3. The van der Waals surface area contributed by atoms with Crippen molar-refractivity contribution in [3.8, 4) is 0 Å². The molecule has 4 heteroatoms. The molecule has 2 rings (SSSR count). The zero-order valence-electron chi connectivity index (χ0n) is 9.03. The second-order valence-electron chi connectivity index (χ2n) is 4.55. The summed E-state index contributed by atoms with van der Waals surface area (Å²) in [5, 5.41) is 7.89. The Morgan fingerprint density at radius 2 is 2.14 bits per heavy atom. The Balaban J connectivity index is 1.98. The predicted molar refractivity (Wildman–Crippen MR) is 52.8 cm³/mol. The summed E-state index contributed by atoms with van der Waals surface area (Å²) >= 11 is 0. The van der Waals surface area contributed by atoms with Crippen LogP contribution in [-0.4, -0.2) is 28.3 Å². The van der Waals surface area contributed by atoms with Crippen molar-refractivity contribution >= 4 is 0 Å². The van der Waals surface area contributed by atoms with E-state index in [4.69, 9.17) is 4.63 Å². The van der Waals surface area contributed by atoms with Crippen LogP contribution in [0.3, 0.4) is 0 Å². The molecule has 1 aromatic rings. The van der Waals surface area contributed by atoms with Gasteiger partial charge in [0.1, 0.15) is 11.4 Å². The van der Waals surface area contributed by atoms with E-state index in [1.54, 1.807) is 0 Å². The number of hydrogen-bond donors (Lipinski definition) is 0. The lowest BCUT2D eigenvalue weighted by atomic mass is 10.0. The lowest BCUT2D eigenvalue weighted by Crippen LogP contribution is -2.44. The first-order valence-electron chi connectivity index (χ1n) is 5.20. The maximum Gasteiger partial charge on any atom is 0.122 e. The second kappa shape index (κ2) is 3.69. The van der Waals surface area contributed by atoms with Crippen LogP contribution in [-0.2, 0) is 6.54 Å². The molecule has 78 valence electrons. The van der Waals surface area contributed by atoms with Crippen LogP contribution in [0.1, 0.15) is 38.1 Å². The summed E-state index contributed by atoms with van der Waals surface area (Å²) in [7, 11) is 0. The molecular weight excluding hydrogens is 178 g/mol. The molecule has 2 heterocycles. The van der Waals surface area contributed by atoms with Gasteiger partial charge in [0.05, 0.1) is 0 Å². The first kappa shape index (κ1) is 9.65. The van der Waals surface area contributed by atoms with Crippen molar-refractivity contribution in [1.82, 2.24) is 15.2 Å². The van der Waals surface area contributed by atoms with Crippen LogP contribution < -0.4 is 0 Å². The van der Waals surface area contributed by atoms with Gasteiger partial charge in [-0.25, -0.2) is 4.63 Å². The topological polar surface area (TPSA) is 42.2 Å². The van der Waals surface area contributed by atoms with E-state index in [1.807, 2.05) is 0 Å². The molecule has 1 aliphatic heterocycles. The lowest BCUT2D eigenvalue weighted by molar-refractivity contribution is 0.101. The van der Waals surface area contributed by atoms with Crippen molar-refractivity contribution in [2.75, 3.05) is 13.1 Å². The molecule has 1 aliphatic rings. The van der Waals surface area contributed by atoms with E-state index in [1.165, 1.54) is 13.1 Å². The van der Waals surface area contributed by atoms with Gasteiger partial charge in [-0.2, -0.15) is 0 Å². The number of aromatic nitrogens is 2. The largest absolute Gasteiger partial charge is 0.297 e. The van der Waals surface area contributed by atoms with Crippen molar-refractivity contribution in [3.63, 3.8) is 0 Å². The highest BCUT2D eigenvalue weighted by molar-refractivity contribution is 5.11. The van der Waals surface area contributed by atoms with E-state index < -0.39 is 0 Å². The van der Waals surface area contributed by atoms with Crippen LogP contribution in [0.25, 0.3) is 0 Å². The van der Waals surface area contributed by atoms with Gasteiger partial charge in [-0.1, -0.05) is 31.1 Å². The van der Waals surface area contributed by atoms with E-state index in [0.717, 1.165) is 23.9 Å². The summed E-state index contributed by atoms with van der Waals surface area (Å²) in [6.07, 6.45) is 0. The Hall–Kier alpha value is -0.900. The van der Waals surface area contributed by atoms with Gasteiger partial charge in [-0.3, -0.25) is 4.90 Å². The Kier molecular flexibility index (Phi) is 2.54. The van der Waals surface area contributed by atoms with E-state index in [9.17, 15) is 0 Å². The first-order chi connectivity index (χ1) is 6.66. The maximum atomic E-state index is 4.78. The fourth-order valence-corrected chi connectivity index (χ4v) is 1.93. The number of rotatable bonds is 3. The normalized spacial score (nSPS) is 18.9. The summed E-state index contributed by atoms with van der Waals surface area (Å²) in [6.45, 7) is 9.72. The van der Waals surface area contributed by atoms with Crippen LogP contribution >= 0.6 is 0 Å². The quantitative estimate of drug-likeness (QED) is 0.735. The van der Waals surface area contributed by atoms with E-state index in [-0.39, 0.29) is 0 Å². The molecular formula is C10H17N3O. The van der Waals surface area contributed by atoms with Gasteiger partial charge in [0.15, 0.2) is 0 Å². The first-order valence-corrected chi connectivity index (χ1v) is 5.20. The van der Waals surface area contributed by atoms with Crippen LogP contribution in [0.4, 0.5) is 0 Å². The van der Waals surface area contributed by atoms with Gasteiger partial charge < -0.3 is 0 Å². The molecule has 0 bridgehead atoms. The standard InChI is InChI=1S/C10H17N3O/c1-7(2)10-9(11-14-12-10)6-13-4-8(3)5-13/h7-8H,4-6H2,1-3H3. The van der Waals surface area contributed by atoms with Crippen LogP contribution in [0.2, 0.25) is 0 Å². The van der Waals surface area contributed by atoms with Crippen molar-refractivity contribution in [2.24, 2.45) is 5.92 Å². The lowest BCUT2D eigenvalue weighted by Gasteiger charge is -2.36. The molecule has 14 heavy (non-hydrogen) atoms. The van der Waals surface area contributed by atoms with Gasteiger partial charge in [0, 0.05) is 25.6 Å². The average Bonchev–Trinajstić information content (AvgIpc) is 2.49. The summed E-state index contributed by atoms with van der Waals surface area (Å²) in [6, 6.07) is 0. The number of hydrogen-bond acceptors (Lipinski definition) is 4. The highest BCUT2D eigenvalue weighted by Gasteiger charge is 2.25. The fourth-order valence-electron chi connectivity index (χ4n) is 1.93. The van der Waals surface area contributed by atoms with Crippen molar-refractivity contribution in [3.05, 3.63) is 11.4 Å². The van der Waals surface area contributed by atoms with Crippen LogP contribution in [0.15, 0.2) is 4.63 Å². The Morgan fingerprint density at radius 3 is 2.71 bits per heavy atom. The minimum absolute atomic E-state index is 0.398. The monoisotopic (exact) mass is 195 g/mol. The third-order valence-corrected chi connectivity index (χ3v) is 2.65. The maximum absolute atomic E-state index is 4.78. The molecule has 0 amide bonds. The van der Waals surface area contributed by atoms with Crippen LogP contribution in [0, 0.1) is 5.92 Å². The molecule has 0 atom stereocenters. The SMILES string of the molecule is CC1CN(Cc2nonc2C(C)C)C1. The zero-order chi connectivity index (χ0) is 10.1.